The van der Waals surface area contributed by atoms with E-state index in [0.717, 1.165) is 23.3 Å². The molecule has 1 aliphatic rings. The first-order valence-electron chi connectivity index (χ1n) is 21.3. The third-order valence-corrected chi connectivity index (χ3v) is 12.9. The van der Waals surface area contributed by atoms with Gasteiger partial charge in [0.25, 0.3) is 0 Å². The molecule has 0 fully saturated rings. The summed E-state index contributed by atoms with van der Waals surface area (Å²) in [4.78, 5) is 0. The van der Waals surface area contributed by atoms with Gasteiger partial charge in [-0.15, -0.1) is 0 Å². The van der Waals surface area contributed by atoms with Crippen LogP contribution in [0, 0.1) is 6.92 Å². The Balaban J connectivity index is 0.000000220. The van der Waals surface area contributed by atoms with Crippen molar-refractivity contribution in [2.45, 2.75) is 32.6 Å². The van der Waals surface area contributed by atoms with E-state index < -0.39 is 0 Å². The molecule has 292 valence electrons. The third-order valence-electron chi connectivity index (χ3n) is 12.9. The highest BCUT2D eigenvalue weighted by Gasteiger charge is 2.35. The smallest absolute Gasteiger partial charge is 0.135 e. The maximum Gasteiger partial charge on any atom is 0.135 e. The number of fused-ring (bicyclic) bond motifs is 9. The Morgan fingerprint density at radius 1 is 0.459 bits per heavy atom. The minimum atomic E-state index is 0.151. The standard InChI is InChI=1S/C43H29NO.C16H16/c1-2-9-30(10-3-1)33-23-26-40-38(28-33)36-12-4-6-14-39(36)44(40)35-24-21-32(22-25-35)31-19-17-29(18-20-31)27-34-11-8-16-42-43(34)37-13-5-7-15-41(37)45-42;1-11-7-6-10-14-15(11)12-8-4-5-9-13(12)16(14,2)3/h1-26,28H,27H2;4-10H,1-3H3. The summed E-state index contributed by atoms with van der Waals surface area (Å²) >= 11 is 0. The molecule has 0 amide bonds. The number of nitrogens with zero attached hydrogens (tertiary/aromatic N) is 1. The number of benzene rings is 9. The normalized spacial score (nSPS) is 12.7. The molecule has 61 heavy (non-hydrogen) atoms. The van der Waals surface area contributed by atoms with Gasteiger partial charge >= 0.3 is 0 Å². The van der Waals surface area contributed by atoms with E-state index in [9.17, 15) is 0 Å². The maximum absolute atomic E-state index is 6.11. The van der Waals surface area contributed by atoms with Gasteiger partial charge in [0.15, 0.2) is 0 Å². The molecule has 0 atom stereocenters. The fraction of sp³-hybridized carbons (Fsp3) is 0.0847. The Kier molecular flexibility index (Phi) is 8.83. The molecule has 0 unspecified atom stereocenters. The van der Waals surface area contributed by atoms with Gasteiger partial charge in [-0.3, -0.25) is 0 Å². The highest BCUT2D eigenvalue weighted by molar-refractivity contribution is 6.10. The number of furan rings is 1. The lowest BCUT2D eigenvalue weighted by Crippen LogP contribution is -2.14. The largest absolute Gasteiger partial charge is 0.456 e. The van der Waals surface area contributed by atoms with Crippen LogP contribution in [0.4, 0.5) is 0 Å². The second-order valence-electron chi connectivity index (χ2n) is 16.9. The van der Waals surface area contributed by atoms with Crippen molar-refractivity contribution >= 4 is 43.7 Å². The van der Waals surface area contributed by atoms with E-state index in [0.29, 0.717) is 0 Å². The topological polar surface area (TPSA) is 18.1 Å². The van der Waals surface area contributed by atoms with Crippen LogP contribution in [0.1, 0.15) is 41.7 Å². The predicted molar refractivity (Wildman–Crippen MR) is 257 cm³/mol. The van der Waals surface area contributed by atoms with Crippen molar-refractivity contribution in [1.29, 1.82) is 0 Å². The minimum Gasteiger partial charge on any atom is -0.456 e. The zero-order valence-electron chi connectivity index (χ0n) is 34.7. The molecule has 0 bridgehead atoms. The van der Waals surface area contributed by atoms with E-state index in [2.05, 4.69) is 219 Å². The van der Waals surface area contributed by atoms with Crippen molar-refractivity contribution in [3.63, 3.8) is 0 Å². The van der Waals surface area contributed by atoms with Crippen molar-refractivity contribution in [3.8, 4) is 39.1 Å². The second kappa shape index (κ2) is 14.7. The minimum absolute atomic E-state index is 0.151. The number of hydrogen-bond acceptors (Lipinski definition) is 1. The molecule has 11 aromatic rings. The van der Waals surface area contributed by atoms with Gasteiger partial charge in [0.05, 0.1) is 11.0 Å². The van der Waals surface area contributed by atoms with Crippen LogP contribution in [0.2, 0.25) is 0 Å². The highest BCUT2D eigenvalue weighted by Crippen LogP contribution is 2.49. The van der Waals surface area contributed by atoms with E-state index >= 15 is 0 Å². The summed E-state index contributed by atoms with van der Waals surface area (Å²) in [5.74, 6) is 0. The van der Waals surface area contributed by atoms with E-state index in [1.54, 1.807) is 0 Å². The maximum atomic E-state index is 6.11. The lowest BCUT2D eigenvalue weighted by Gasteiger charge is -2.21. The summed E-state index contributed by atoms with van der Waals surface area (Å²) in [6.45, 7) is 6.84. The molecular formula is C59H45NO. The average Bonchev–Trinajstić information content (AvgIpc) is 3.93. The van der Waals surface area contributed by atoms with Gasteiger partial charge in [0.2, 0.25) is 0 Å². The molecule has 0 aliphatic heterocycles. The zero-order valence-corrected chi connectivity index (χ0v) is 34.7. The molecule has 0 saturated heterocycles. The zero-order chi connectivity index (χ0) is 41.1. The first kappa shape index (κ1) is 36.6. The molecular weight excluding hydrogens is 739 g/mol. The molecule has 2 aromatic heterocycles. The van der Waals surface area contributed by atoms with Gasteiger partial charge in [-0.25, -0.2) is 0 Å². The van der Waals surface area contributed by atoms with Crippen molar-refractivity contribution in [2.75, 3.05) is 0 Å². The third kappa shape index (κ3) is 6.26. The van der Waals surface area contributed by atoms with Crippen molar-refractivity contribution in [2.24, 2.45) is 0 Å². The highest BCUT2D eigenvalue weighted by atomic mass is 16.3. The van der Waals surface area contributed by atoms with Gasteiger partial charge in [-0.2, -0.15) is 0 Å². The average molecular weight is 784 g/mol. The molecule has 0 saturated carbocycles. The van der Waals surface area contributed by atoms with Gasteiger partial charge in [0, 0.05) is 32.6 Å². The number of aromatic nitrogens is 1. The molecule has 12 rings (SSSR count). The monoisotopic (exact) mass is 783 g/mol. The summed E-state index contributed by atoms with van der Waals surface area (Å²) in [6.07, 6.45) is 0.861. The molecule has 2 heteroatoms. The van der Waals surface area contributed by atoms with Crippen LogP contribution in [0.3, 0.4) is 0 Å². The Bertz CT molecular complexity index is 3400. The lowest BCUT2D eigenvalue weighted by atomic mass is 9.82. The second-order valence-corrected chi connectivity index (χ2v) is 16.9. The van der Waals surface area contributed by atoms with Crippen molar-refractivity contribution < 1.29 is 4.42 Å². The molecule has 0 radical (unpaired) electrons. The van der Waals surface area contributed by atoms with Crippen LogP contribution >= 0.6 is 0 Å². The Labute approximate surface area is 357 Å². The van der Waals surface area contributed by atoms with Crippen LogP contribution in [-0.4, -0.2) is 4.57 Å². The van der Waals surface area contributed by atoms with Crippen LogP contribution in [0.5, 0.6) is 0 Å². The summed E-state index contributed by atoms with van der Waals surface area (Å²) < 4.78 is 8.49. The van der Waals surface area contributed by atoms with E-state index in [4.69, 9.17) is 4.42 Å². The molecule has 0 spiro atoms. The Morgan fingerprint density at radius 3 is 1.89 bits per heavy atom. The molecule has 2 nitrogen and oxygen atoms in total. The van der Waals surface area contributed by atoms with Crippen LogP contribution in [0.15, 0.2) is 211 Å². The predicted octanol–water partition coefficient (Wildman–Crippen LogP) is 15.9. The Morgan fingerprint density at radius 2 is 1.07 bits per heavy atom. The van der Waals surface area contributed by atoms with Gasteiger partial charge in [0.1, 0.15) is 11.2 Å². The quantitative estimate of drug-likeness (QED) is 0.170. The van der Waals surface area contributed by atoms with Gasteiger partial charge < -0.3 is 8.98 Å². The van der Waals surface area contributed by atoms with Crippen molar-refractivity contribution in [3.05, 3.63) is 234 Å². The molecule has 0 N–H and O–H groups in total. The van der Waals surface area contributed by atoms with Crippen LogP contribution < -0.4 is 0 Å². The number of para-hydroxylation sites is 2. The number of hydrogen-bond donors (Lipinski definition) is 0. The summed E-state index contributed by atoms with van der Waals surface area (Å²) in [6, 6.07) is 74.2. The molecule has 2 heterocycles. The summed E-state index contributed by atoms with van der Waals surface area (Å²) in [5, 5.41) is 4.93. The number of rotatable bonds is 5. The van der Waals surface area contributed by atoms with Crippen LogP contribution in [0.25, 0.3) is 82.8 Å². The summed E-state index contributed by atoms with van der Waals surface area (Å²) in [7, 11) is 0. The fourth-order valence-corrected chi connectivity index (χ4v) is 9.83. The fourth-order valence-electron chi connectivity index (χ4n) is 9.83. The van der Waals surface area contributed by atoms with E-state index in [1.807, 2.05) is 12.1 Å². The first-order chi connectivity index (χ1) is 29.9. The molecule has 1 aliphatic carbocycles. The van der Waals surface area contributed by atoms with E-state index in [1.165, 1.54) is 93.8 Å². The van der Waals surface area contributed by atoms with Gasteiger partial charge in [-0.1, -0.05) is 178 Å². The van der Waals surface area contributed by atoms with Crippen molar-refractivity contribution in [1.82, 2.24) is 4.57 Å². The first-order valence-corrected chi connectivity index (χ1v) is 21.3. The SMILES string of the molecule is Cc1cccc2c1-c1ccccc1C2(C)C.c1ccc(-c2ccc3c(c2)c2ccccc2n3-c2ccc(-c3ccc(Cc4cccc5oc6ccccc6c45)cc3)cc2)cc1. The van der Waals surface area contributed by atoms with E-state index in [-0.39, 0.29) is 5.41 Å². The number of aryl methyl sites for hydroxylation is 1. The molecule has 9 aromatic carbocycles. The lowest BCUT2D eigenvalue weighted by molar-refractivity contribution is 0.660. The van der Waals surface area contributed by atoms with Gasteiger partial charge in [-0.05, 0) is 117 Å². The van der Waals surface area contributed by atoms with Crippen LogP contribution in [-0.2, 0) is 11.8 Å². The summed E-state index contributed by atoms with van der Waals surface area (Å²) in [5.41, 5.74) is 20.3. The Hall–Kier alpha value is -7.42.